The van der Waals surface area contributed by atoms with Crippen LogP contribution in [0.25, 0.3) is 0 Å². The molecule has 1 unspecified atom stereocenters. The normalized spacial score (nSPS) is 18.2. The third-order valence-corrected chi connectivity index (χ3v) is 5.14. The first kappa shape index (κ1) is 15.0. The van der Waals surface area contributed by atoms with Crippen LogP contribution in [0.3, 0.4) is 0 Å². The maximum Gasteiger partial charge on any atom is 0.262 e. The highest BCUT2D eigenvalue weighted by molar-refractivity contribution is 9.10. The van der Waals surface area contributed by atoms with Crippen molar-refractivity contribution in [1.29, 1.82) is 0 Å². The Morgan fingerprint density at radius 1 is 1.47 bits per heavy atom. The summed E-state index contributed by atoms with van der Waals surface area (Å²) < 4.78 is 0.810. The second-order valence-electron chi connectivity index (χ2n) is 4.81. The van der Waals surface area contributed by atoms with Gasteiger partial charge in [0.1, 0.15) is 4.88 Å². The van der Waals surface area contributed by atoms with Crippen molar-refractivity contribution >= 4 is 33.2 Å². The van der Waals surface area contributed by atoms with Gasteiger partial charge in [0, 0.05) is 11.0 Å². The quantitative estimate of drug-likeness (QED) is 0.858. The highest BCUT2D eigenvalue weighted by Crippen LogP contribution is 2.22. The number of likely N-dealkylation sites (tertiary alicyclic amines) is 1. The van der Waals surface area contributed by atoms with E-state index in [-0.39, 0.29) is 18.6 Å². The molecule has 1 aliphatic rings. The number of carbonyl (C=O) groups excluding carboxylic acids is 1. The Kier molecular flexibility index (Phi) is 5.81. The molecule has 1 saturated heterocycles. The lowest BCUT2D eigenvalue weighted by molar-refractivity contribution is 0.0890. The average molecular weight is 347 g/mol. The Hall–Kier alpha value is -0.430. The number of carbonyl (C=O) groups is 1. The van der Waals surface area contributed by atoms with E-state index in [1.807, 2.05) is 11.4 Å². The summed E-state index contributed by atoms with van der Waals surface area (Å²) in [4.78, 5) is 15.1. The molecule has 106 valence electrons. The number of nitrogens with zero attached hydrogens (tertiary/aromatic N) is 1. The van der Waals surface area contributed by atoms with Crippen LogP contribution in [0.15, 0.2) is 15.9 Å². The topological polar surface area (TPSA) is 52.6 Å². The summed E-state index contributed by atoms with van der Waals surface area (Å²) in [7, 11) is 0. The van der Waals surface area contributed by atoms with Gasteiger partial charge in [0.25, 0.3) is 5.91 Å². The van der Waals surface area contributed by atoms with Gasteiger partial charge >= 0.3 is 0 Å². The number of hydrogen-bond acceptors (Lipinski definition) is 4. The summed E-state index contributed by atoms with van der Waals surface area (Å²) in [6, 6.07) is 1.66. The second-order valence-corrected chi connectivity index (χ2v) is 6.58. The molecule has 0 saturated carbocycles. The minimum absolute atomic E-state index is 0.0226. The zero-order valence-corrected chi connectivity index (χ0v) is 13.2. The van der Waals surface area contributed by atoms with Crippen molar-refractivity contribution in [2.24, 2.45) is 0 Å². The van der Waals surface area contributed by atoms with E-state index in [2.05, 4.69) is 26.1 Å². The van der Waals surface area contributed by atoms with Crippen molar-refractivity contribution in [3.8, 4) is 0 Å². The van der Waals surface area contributed by atoms with Crippen molar-refractivity contribution in [2.45, 2.75) is 25.3 Å². The zero-order valence-electron chi connectivity index (χ0n) is 10.8. The fraction of sp³-hybridized carbons (Fsp3) is 0.615. The van der Waals surface area contributed by atoms with Crippen molar-refractivity contribution in [3.05, 3.63) is 20.8 Å². The van der Waals surface area contributed by atoms with E-state index < -0.39 is 0 Å². The van der Waals surface area contributed by atoms with Gasteiger partial charge < -0.3 is 15.3 Å². The second kappa shape index (κ2) is 7.38. The molecule has 1 aromatic rings. The molecule has 1 aliphatic heterocycles. The number of rotatable bonds is 5. The number of aliphatic hydroxyl groups excluding tert-OH is 1. The molecule has 2 rings (SSSR count). The molecule has 6 heteroatoms. The minimum atomic E-state index is -0.195. The van der Waals surface area contributed by atoms with E-state index in [1.165, 1.54) is 30.6 Å². The standard InChI is InChI=1S/C13H19BrN2O2S/c14-11-4-7-19-12(11)13(18)15-10(9-17)8-16-5-2-1-3-6-16/h4,7,10,17H,1-3,5-6,8-9H2,(H,15,18). The molecule has 4 nitrogen and oxygen atoms in total. The molecule has 1 aromatic heterocycles. The largest absolute Gasteiger partial charge is 0.394 e. The summed E-state index contributed by atoms with van der Waals surface area (Å²) in [5.41, 5.74) is 0. The smallest absolute Gasteiger partial charge is 0.262 e. The van der Waals surface area contributed by atoms with Crippen LogP contribution in [-0.4, -0.2) is 48.2 Å². The van der Waals surface area contributed by atoms with E-state index in [9.17, 15) is 9.90 Å². The average Bonchev–Trinajstić information content (AvgIpc) is 2.85. The fourth-order valence-corrected chi connectivity index (χ4v) is 3.76. The Bertz CT molecular complexity index is 419. The maximum atomic E-state index is 12.1. The van der Waals surface area contributed by atoms with E-state index >= 15 is 0 Å². The lowest BCUT2D eigenvalue weighted by Crippen LogP contribution is -2.47. The molecule has 1 amide bonds. The van der Waals surface area contributed by atoms with Gasteiger partial charge in [0.2, 0.25) is 0 Å². The fourth-order valence-electron chi connectivity index (χ4n) is 2.31. The summed E-state index contributed by atoms with van der Waals surface area (Å²) in [5, 5.41) is 14.2. The SMILES string of the molecule is O=C(NC(CO)CN1CCCCC1)c1sccc1Br. The highest BCUT2D eigenvalue weighted by Gasteiger charge is 2.19. The van der Waals surface area contributed by atoms with Gasteiger partial charge in [0.15, 0.2) is 0 Å². The van der Waals surface area contributed by atoms with Crippen LogP contribution in [-0.2, 0) is 0 Å². The molecule has 2 N–H and O–H groups in total. The lowest BCUT2D eigenvalue weighted by atomic mass is 10.1. The molecular formula is C13H19BrN2O2S. The summed E-state index contributed by atoms with van der Waals surface area (Å²) in [6.07, 6.45) is 3.71. The molecule has 19 heavy (non-hydrogen) atoms. The summed E-state index contributed by atoms with van der Waals surface area (Å²) in [5.74, 6) is -0.113. The lowest BCUT2D eigenvalue weighted by Gasteiger charge is -2.30. The predicted octanol–water partition coefficient (Wildman–Crippen LogP) is 2.09. The van der Waals surface area contributed by atoms with Crippen molar-refractivity contribution in [3.63, 3.8) is 0 Å². The van der Waals surface area contributed by atoms with Gasteiger partial charge in [-0.1, -0.05) is 6.42 Å². The number of amides is 1. The molecule has 0 aliphatic carbocycles. The first-order chi connectivity index (χ1) is 9.20. The first-order valence-corrected chi connectivity index (χ1v) is 8.25. The van der Waals surface area contributed by atoms with Crippen LogP contribution in [0, 0.1) is 0 Å². The Morgan fingerprint density at radius 2 is 2.21 bits per heavy atom. The van der Waals surface area contributed by atoms with Crippen LogP contribution < -0.4 is 5.32 Å². The van der Waals surface area contributed by atoms with Crippen molar-refractivity contribution in [1.82, 2.24) is 10.2 Å². The number of piperidine rings is 1. The number of aliphatic hydroxyl groups is 1. The van der Waals surface area contributed by atoms with E-state index in [1.54, 1.807) is 0 Å². The number of nitrogens with one attached hydrogen (secondary N) is 1. The van der Waals surface area contributed by atoms with Gasteiger partial charge in [-0.05, 0) is 53.3 Å². The van der Waals surface area contributed by atoms with Gasteiger partial charge in [-0.2, -0.15) is 0 Å². The van der Waals surface area contributed by atoms with Gasteiger partial charge in [0.05, 0.1) is 12.6 Å². The van der Waals surface area contributed by atoms with E-state index in [0.717, 1.165) is 24.1 Å². The molecule has 2 heterocycles. The first-order valence-electron chi connectivity index (χ1n) is 6.58. The Morgan fingerprint density at radius 3 is 2.79 bits per heavy atom. The third kappa shape index (κ3) is 4.27. The van der Waals surface area contributed by atoms with Gasteiger partial charge in [-0.25, -0.2) is 0 Å². The Labute approximate surface area is 125 Å². The third-order valence-electron chi connectivity index (χ3n) is 3.31. The van der Waals surface area contributed by atoms with E-state index in [4.69, 9.17) is 0 Å². The molecule has 0 bridgehead atoms. The molecule has 0 spiro atoms. The van der Waals surface area contributed by atoms with Crippen LogP contribution >= 0.6 is 27.3 Å². The monoisotopic (exact) mass is 346 g/mol. The van der Waals surface area contributed by atoms with Crippen LogP contribution in [0.4, 0.5) is 0 Å². The predicted molar refractivity (Wildman–Crippen MR) is 80.7 cm³/mol. The van der Waals surface area contributed by atoms with Crippen LogP contribution in [0.2, 0.25) is 0 Å². The molecule has 0 radical (unpaired) electrons. The van der Waals surface area contributed by atoms with Crippen LogP contribution in [0.5, 0.6) is 0 Å². The van der Waals surface area contributed by atoms with Gasteiger partial charge in [-0.3, -0.25) is 4.79 Å². The van der Waals surface area contributed by atoms with E-state index in [0.29, 0.717) is 4.88 Å². The molecule has 0 aromatic carbocycles. The van der Waals surface area contributed by atoms with Crippen molar-refractivity contribution in [2.75, 3.05) is 26.2 Å². The summed E-state index contributed by atoms with van der Waals surface area (Å²) in [6.45, 7) is 2.83. The molecule has 1 fully saturated rings. The zero-order chi connectivity index (χ0) is 13.7. The Balaban J connectivity index is 1.88. The minimum Gasteiger partial charge on any atom is -0.394 e. The summed E-state index contributed by atoms with van der Waals surface area (Å²) >= 11 is 4.76. The van der Waals surface area contributed by atoms with Crippen LogP contribution in [0.1, 0.15) is 28.9 Å². The molecule has 1 atom stereocenters. The number of halogens is 1. The number of thiophene rings is 1. The van der Waals surface area contributed by atoms with Gasteiger partial charge in [-0.15, -0.1) is 11.3 Å². The molecular weight excluding hydrogens is 328 g/mol. The number of hydrogen-bond donors (Lipinski definition) is 2. The highest BCUT2D eigenvalue weighted by atomic mass is 79.9. The maximum absolute atomic E-state index is 12.1. The van der Waals surface area contributed by atoms with Crippen molar-refractivity contribution < 1.29 is 9.90 Å².